The molecule has 0 radical (unpaired) electrons. The number of hydrogen-bond donors (Lipinski definition) is 0. The molecule has 0 bridgehead atoms. The fraction of sp³-hybridized carbons (Fsp3) is 0.120. The zero-order valence-corrected chi connectivity index (χ0v) is 16.8. The number of nitrogens with zero attached hydrogens (tertiary/aromatic N) is 1. The van der Waals surface area contributed by atoms with E-state index in [2.05, 4.69) is 0 Å². The SMILES string of the molecule is Cc1cc(C(=O)c2ccccc2)ccc1OC(=O)CCN1C(=O)c2ccccc2C1=O. The second-order valence-corrected chi connectivity index (χ2v) is 7.21. The van der Waals surface area contributed by atoms with Crippen LogP contribution in [-0.4, -0.2) is 35.0 Å². The number of fused-ring (bicyclic) bond motifs is 1. The van der Waals surface area contributed by atoms with Crippen LogP contribution in [0.3, 0.4) is 0 Å². The van der Waals surface area contributed by atoms with Crippen LogP contribution in [0.2, 0.25) is 0 Å². The standard InChI is InChI=1S/C25H19NO5/c1-16-15-18(23(28)17-7-3-2-4-8-17)11-12-21(16)31-22(27)13-14-26-24(29)19-9-5-6-10-20(19)25(26)30/h2-12,15H,13-14H2,1H3. The van der Waals surface area contributed by atoms with Crippen LogP contribution in [0.15, 0.2) is 72.8 Å². The molecule has 0 N–H and O–H groups in total. The maximum absolute atomic E-state index is 12.6. The zero-order chi connectivity index (χ0) is 22.0. The Morgan fingerprint density at radius 3 is 2.03 bits per heavy atom. The molecule has 2 amide bonds. The molecule has 0 aliphatic carbocycles. The van der Waals surface area contributed by atoms with Crippen molar-refractivity contribution in [3.05, 3.63) is 101 Å². The maximum atomic E-state index is 12.6. The Labute approximate surface area is 179 Å². The molecule has 1 heterocycles. The van der Waals surface area contributed by atoms with Crippen molar-refractivity contribution >= 4 is 23.6 Å². The normalized spacial score (nSPS) is 12.6. The zero-order valence-electron chi connectivity index (χ0n) is 16.8. The minimum Gasteiger partial charge on any atom is -0.426 e. The van der Waals surface area contributed by atoms with E-state index in [0.717, 1.165) is 4.90 Å². The van der Waals surface area contributed by atoms with Gasteiger partial charge < -0.3 is 4.74 Å². The molecule has 1 aliphatic rings. The Hall–Kier alpha value is -4.06. The van der Waals surface area contributed by atoms with Gasteiger partial charge in [-0.3, -0.25) is 24.1 Å². The number of benzene rings is 3. The second-order valence-electron chi connectivity index (χ2n) is 7.21. The van der Waals surface area contributed by atoms with Crippen LogP contribution < -0.4 is 4.74 Å². The summed E-state index contributed by atoms with van der Waals surface area (Å²) in [5.74, 6) is -1.17. The molecule has 3 aromatic rings. The molecule has 0 saturated carbocycles. The summed E-state index contributed by atoms with van der Waals surface area (Å²) >= 11 is 0. The monoisotopic (exact) mass is 413 g/mol. The van der Waals surface area contributed by atoms with Crippen molar-refractivity contribution in [2.75, 3.05) is 6.54 Å². The third-order valence-corrected chi connectivity index (χ3v) is 5.11. The Morgan fingerprint density at radius 1 is 0.806 bits per heavy atom. The summed E-state index contributed by atoms with van der Waals surface area (Å²) in [7, 11) is 0. The lowest BCUT2D eigenvalue weighted by Crippen LogP contribution is -2.32. The predicted molar refractivity (Wildman–Crippen MR) is 113 cm³/mol. The molecule has 0 aromatic heterocycles. The average molecular weight is 413 g/mol. The van der Waals surface area contributed by atoms with Crippen LogP contribution in [0, 0.1) is 6.92 Å². The predicted octanol–water partition coefficient (Wildman–Crippen LogP) is 3.82. The topological polar surface area (TPSA) is 80.8 Å². The Balaban J connectivity index is 1.39. The molecule has 0 atom stereocenters. The van der Waals surface area contributed by atoms with E-state index in [0.29, 0.717) is 33.6 Å². The molecule has 0 unspecified atom stereocenters. The number of imide groups is 1. The molecule has 4 rings (SSSR count). The van der Waals surface area contributed by atoms with E-state index in [9.17, 15) is 19.2 Å². The van der Waals surface area contributed by atoms with Crippen LogP contribution >= 0.6 is 0 Å². The lowest BCUT2D eigenvalue weighted by atomic mass is 10.0. The molecule has 0 saturated heterocycles. The first-order valence-corrected chi connectivity index (χ1v) is 9.82. The minimum absolute atomic E-state index is 0.0607. The smallest absolute Gasteiger partial charge is 0.313 e. The number of carbonyl (C=O) groups excluding carboxylic acids is 4. The van der Waals surface area contributed by atoms with Crippen LogP contribution in [0.25, 0.3) is 0 Å². The number of ketones is 1. The number of rotatable bonds is 6. The fourth-order valence-corrected chi connectivity index (χ4v) is 3.48. The van der Waals surface area contributed by atoms with Crippen molar-refractivity contribution in [2.24, 2.45) is 0 Å². The summed E-state index contributed by atoms with van der Waals surface area (Å²) in [5, 5.41) is 0. The summed E-state index contributed by atoms with van der Waals surface area (Å²) in [6.45, 7) is 1.68. The minimum atomic E-state index is -0.568. The van der Waals surface area contributed by atoms with Crippen LogP contribution in [0.4, 0.5) is 0 Å². The van der Waals surface area contributed by atoms with E-state index in [1.165, 1.54) is 0 Å². The number of amides is 2. The average Bonchev–Trinajstić information content (AvgIpc) is 3.04. The van der Waals surface area contributed by atoms with Crippen LogP contribution in [0.1, 0.15) is 48.6 Å². The van der Waals surface area contributed by atoms with Gasteiger partial charge in [0.25, 0.3) is 11.8 Å². The number of aryl methyl sites for hydroxylation is 1. The van der Waals surface area contributed by atoms with Gasteiger partial charge in [0.15, 0.2) is 5.78 Å². The van der Waals surface area contributed by atoms with Crippen LogP contribution in [0.5, 0.6) is 5.75 Å². The highest BCUT2D eigenvalue weighted by Gasteiger charge is 2.35. The Morgan fingerprint density at radius 2 is 1.42 bits per heavy atom. The van der Waals surface area contributed by atoms with Crippen molar-refractivity contribution in [3.63, 3.8) is 0 Å². The van der Waals surface area contributed by atoms with E-state index in [1.54, 1.807) is 73.7 Å². The molecule has 154 valence electrons. The molecule has 0 spiro atoms. The van der Waals surface area contributed by atoms with E-state index >= 15 is 0 Å². The first kappa shape index (κ1) is 20.2. The van der Waals surface area contributed by atoms with E-state index in [4.69, 9.17) is 4.74 Å². The van der Waals surface area contributed by atoms with E-state index < -0.39 is 17.8 Å². The molecule has 6 heteroatoms. The van der Waals surface area contributed by atoms with Crippen molar-refractivity contribution in [3.8, 4) is 5.75 Å². The first-order chi connectivity index (χ1) is 15.0. The highest BCUT2D eigenvalue weighted by Crippen LogP contribution is 2.24. The molecule has 0 fully saturated rings. The molecule has 3 aromatic carbocycles. The summed E-state index contributed by atoms with van der Waals surface area (Å²) in [6.07, 6.45) is -0.129. The van der Waals surface area contributed by atoms with Gasteiger partial charge in [-0.2, -0.15) is 0 Å². The van der Waals surface area contributed by atoms with Crippen molar-refractivity contribution in [2.45, 2.75) is 13.3 Å². The maximum Gasteiger partial charge on any atom is 0.313 e. The van der Waals surface area contributed by atoms with Gasteiger partial charge in [-0.25, -0.2) is 0 Å². The molecule has 1 aliphatic heterocycles. The summed E-state index contributed by atoms with van der Waals surface area (Å²) in [4.78, 5) is 50.7. The van der Waals surface area contributed by atoms with E-state index in [1.807, 2.05) is 6.07 Å². The lowest BCUT2D eigenvalue weighted by Gasteiger charge is -2.14. The number of esters is 1. The number of carbonyl (C=O) groups is 4. The Bertz CT molecular complexity index is 1160. The van der Waals surface area contributed by atoms with Gasteiger partial charge in [0.05, 0.1) is 17.5 Å². The summed E-state index contributed by atoms with van der Waals surface area (Å²) in [6, 6.07) is 20.3. The van der Waals surface area contributed by atoms with Crippen LogP contribution in [-0.2, 0) is 4.79 Å². The molecule has 6 nitrogen and oxygen atoms in total. The van der Waals surface area contributed by atoms with E-state index in [-0.39, 0.29) is 18.7 Å². The van der Waals surface area contributed by atoms with Crippen molar-refractivity contribution < 1.29 is 23.9 Å². The number of ether oxygens (including phenoxy) is 1. The third kappa shape index (κ3) is 4.00. The van der Waals surface area contributed by atoms with Crippen molar-refractivity contribution in [1.29, 1.82) is 0 Å². The molecular formula is C25H19NO5. The lowest BCUT2D eigenvalue weighted by molar-refractivity contribution is -0.134. The molecular weight excluding hydrogens is 394 g/mol. The van der Waals surface area contributed by atoms with Gasteiger partial charge in [0.1, 0.15) is 5.75 Å². The summed E-state index contributed by atoms with van der Waals surface area (Å²) < 4.78 is 5.39. The van der Waals surface area contributed by atoms with Gasteiger partial charge in [-0.05, 0) is 42.8 Å². The van der Waals surface area contributed by atoms with Gasteiger partial charge in [-0.1, -0.05) is 42.5 Å². The highest BCUT2D eigenvalue weighted by atomic mass is 16.5. The van der Waals surface area contributed by atoms with Crippen molar-refractivity contribution in [1.82, 2.24) is 4.90 Å². The third-order valence-electron chi connectivity index (χ3n) is 5.11. The quantitative estimate of drug-likeness (QED) is 0.266. The van der Waals surface area contributed by atoms with Gasteiger partial charge in [-0.15, -0.1) is 0 Å². The summed E-state index contributed by atoms with van der Waals surface area (Å²) in [5.41, 5.74) is 2.39. The highest BCUT2D eigenvalue weighted by molar-refractivity contribution is 6.21. The van der Waals surface area contributed by atoms with Gasteiger partial charge in [0.2, 0.25) is 0 Å². The second kappa shape index (κ2) is 8.36. The molecule has 31 heavy (non-hydrogen) atoms. The Kier molecular flexibility index (Phi) is 5.45. The number of hydrogen-bond acceptors (Lipinski definition) is 5. The van der Waals surface area contributed by atoms with Gasteiger partial charge >= 0.3 is 5.97 Å². The van der Waals surface area contributed by atoms with Gasteiger partial charge in [0, 0.05) is 17.7 Å². The first-order valence-electron chi connectivity index (χ1n) is 9.82. The largest absolute Gasteiger partial charge is 0.426 e. The fourth-order valence-electron chi connectivity index (χ4n) is 3.48.